The molecule has 15 nitrogen and oxygen atoms in total. The number of carbonyl (C=O) groups excluding carboxylic acids is 4. The summed E-state index contributed by atoms with van der Waals surface area (Å²) in [6.45, 7) is 10.8. The highest BCUT2D eigenvalue weighted by molar-refractivity contribution is 5.87. The molecule has 2 saturated heterocycles. The number of carbonyl (C=O) groups is 4. The molecule has 4 N–H and O–H groups in total. The maximum Gasteiger partial charge on any atom is 0.407 e. The topological polar surface area (TPSA) is 184 Å². The quantitative estimate of drug-likeness (QED) is 0.106. The zero-order valence-electron chi connectivity index (χ0n) is 35.3. The van der Waals surface area contributed by atoms with Gasteiger partial charge in [-0.15, -0.1) is 0 Å². The summed E-state index contributed by atoms with van der Waals surface area (Å²) in [6, 6.07) is 14.5. The van der Waals surface area contributed by atoms with Gasteiger partial charge in [0.25, 0.3) is 0 Å². The van der Waals surface area contributed by atoms with E-state index in [2.05, 4.69) is 57.0 Å². The van der Waals surface area contributed by atoms with Crippen LogP contribution in [0, 0.1) is 17.8 Å². The number of H-pyrrole nitrogens is 2. The minimum absolute atomic E-state index is 0.00364. The molecule has 2 aromatic heterocycles. The van der Waals surface area contributed by atoms with E-state index in [1.165, 1.54) is 14.2 Å². The minimum atomic E-state index is -0.741. The monoisotopic (exact) mass is 810 g/mol. The highest BCUT2D eigenvalue weighted by Crippen LogP contribution is 2.38. The molecule has 4 amide bonds. The van der Waals surface area contributed by atoms with Gasteiger partial charge in [-0.2, -0.15) is 0 Å². The molecular formula is C44H58N8O7. The number of nitrogens with zero attached hydrogens (tertiary/aromatic N) is 4. The number of benzene rings is 2. The molecular weight excluding hydrogens is 753 g/mol. The molecule has 4 heterocycles. The molecule has 1 unspecified atom stereocenters. The smallest absolute Gasteiger partial charge is 0.407 e. The van der Waals surface area contributed by atoms with Crippen molar-refractivity contribution < 1.29 is 33.4 Å². The van der Waals surface area contributed by atoms with Gasteiger partial charge in [0.2, 0.25) is 11.8 Å². The van der Waals surface area contributed by atoms with Gasteiger partial charge in [0, 0.05) is 25.6 Å². The number of rotatable bonds is 14. The second kappa shape index (κ2) is 18.9. The van der Waals surface area contributed by atoms with Crippen molar-refractivity contribution in [2.24, 2.45) is 17.8 Å². The molecule has 2 aliphatic rings. The maximum atomic E-state index is 13.9. The number of imidazole rings is 2. The van der Waals surface area contributed by atoms with Gasteiger partial charge < -0.3 is 44.6 Å². The summed E-state index contributed by atoms with van der Waals surface area (Å²) in [7, 11) is 4.24. The van der Waals surface area contributed by atoms with Gasteiger partial charge in [0.15, 0.2) is 0 Å². The van der Waals surface area contributed by atoms with Gasteiger partial charge in [-0.05, 0) is 60.3 Å². The van der Waals surface area contributed by atoms with Crippen LogP contribution in [-0.2, 0) is 23.8 Å². The lowest BCUT2D eigenvalue weighted by atomic mass is 9.97. The van der Waals surface area contributed by atoms with Crippen LogP contribution in [0.3, 0.4) is 0 Å². The lowest BCUT2D eigenvalue weighted by Crippen LogP contribution is -2.53. The normalized spacial score (nSPS) is 20.6. The number of hydrogen-bond acceptors (Lipinski definition) is 9. The number of nitrogens with one attached hydrogen (secondary N) is 4. The summed E-state index contributed by atoms with van der Waals surface area (Å²) < 4.78 is 15.1. The fourth-order valence-corrected chi connectivity index (χ4v) is 8.30. The van der Waals surface area contributed by atoms with E-state index in [4.69, 9.17) is 24.2 Å². The van der Waals surface area contributed by atoms with Gasteiger partial charge in [0.1, 0.15) is 23.7 Å². The predicted octanol–water partition coefficient (Wildman–Crippen LogP) is 6.87. The summed E-state index contributed by atoms with van der Waals surface area (Å²) >= 11 is 0. The Labute approximate surface area is 346 Å². The molecule has 6 rings (SSSR count). The Balaban J connectivity index is 1.14. The number of aromatic nitrogens is 4. The third-order valence-corrected chi connectivity index (χ3v) is 11.9. The van der Waals surface area contributed by atoms with Crippen molar-refractivity contribution in [1.29, 1.82) is 0 Å². The van der Waals surface area contributed by atoms with Crippen molar-refractivity contribution in [3.05, 3.63) is 72.6 Å². The van der Waals surface area contributed by atoms with Crippen LogP contribution >= 0.6 is 0 Å². The van der Waals surface area contributed by atoms with Crippen LogP contribution in [0.2, 0.25) is 0 Å². The van der Waals surface area contributed by atoms with Gasteiger partial charge in [-0.3, -0.25) is 9.59 Å². The Morgan fingerprint density at radius 3 is 1.75 bits per heavy atom. The second-order valence-corrected chi connectivity index (χ2v) is 16.1. The Morgan fingerprint density at radius 1 is 0.746 bits per heavy atom. The van der Waals surface area contributed by atoms with E-state index in [-0.39, 0.29) is 47.7 Å². The number of hydrogen-bond donors (Lipinski definition) is 4. The van der Waals surface area contributed by atoms with E-state index < -0.39 is 24.3 Å². The zero-order valence-corrected chi connectivity index (χ0v) is 35.3. The van der Waals surface area contributed by atoms with Crippen LogP contribution in [0.15, 0.2) is 60.9 Å². The molecule has 316 valence electrons. The molecule has 0 bridgehead atoms. The van der Waals surface area contributed by atoms with E-state index >= 15 is 0 Å². The van der Waals surface area contributed by atoms with Gasteiger partial charge in [-0.25, -0.2) is 19.6 Å². The number of aromatic amines is 2. The first-order chi connectivity index (χ1) is 28.4. The van der Waals surface area contributed by atoms with E-state index in [9.17, 15) is 19.2 Å². The first-order valence-corrected chi connectivity index (χ1v) is 20.5. The van der Waals surface area contributed by atoms with Crippen molar-refractivity contribution in [2.45, 2.75) is 90.5 Å². The third-order valence-electron chi connectivity index (χ3n) is 11.9. The molecule has 15 heteroatoms. The van der Waals surface area contributed by atoms with Crippen molar-refractivity contribution in [2.75, 3.05) is 34.5 Å². The lowest BCUT2D eigenvalue weighted by molar-refractivity contribution is -0.137. The maximum absolute atomic E-state index is 13.9. The summed E-state index contributed by atoms with van der Waals surface area (Å²) in [4.78, 5) is 72.1. The Morgan fingerprint density at radius 2 is 1.25 bits per heavy atom. The highest BCUT2D eigenvalue weighted by atomic mass is 16.5. The average Bonchev–Trinajstić information content (AvgIpc) is 4.08. The number of likely N-dealkylation sites (tertiary alicyclic amines) is 2. The molecule has 0 spiro atoms. The number of amides is 4. The molecule has 0 radical (unpaired) electrons. The van der Waals surface area contributed by atoms with Crippen molar-refractivity contribution in [3.8, 4) is 33.6 Å². The first-order valence-electron chi connectivity index (χ1n) is 20.5. The largest absolute Gasteiger partial charge is 0.453 e. The molecule has 2 fully saturated rings. The lowest BCUT2D eigenvalue weighted by Gasteiger charge is -2.33. The van der Waals surface area contributed by atoms with Crippen molar-refractivity contribution in [3.63, 3.8) is 0 Å². The standard InChI is InChI=1S/C44H58N8O7/c1-9-26(4)38(50-44(56)59-8)42(54)52-27(5)10-19-35(52)39-45-21-33(47-39)31-15-11-29(12-16-31)30-13-17-32(18-14-30)34-22-46-40(48-34)36-20-28(24-57-6)23-51(36)41(53)37(25(2)3)49-43(55)58-7/h11-18,21-22,25-28,35-38H,9-10,19-20,23-24H2,1-8H3,(H,45,47)(H,46,48)(H,49,55)(H,50,56)/t26-,27-,28-,35-,36-,37-,38?/m0/s1. The SMILES string of the molecule is CC[C@H](C)C(NC(=O)OC)C(=O)N1[C@@H](C)CC[C@H]1c1ncc(-c2ccc(-c3ccc(-c4cnc([C@@H]5C[C@H](COC)CN5C(=O)[C@@H](NC(=O)OC)C(C)C)[nH]4)cc3)cc2)[nH]1. The Hall–Kier alpha value is -5.70. The average molecular weight is 811 g/mol. The zero-order chi connectivity index (χ0) is 42.4. The molecule has 0 aliphatic carbocycles. The highest BCUT2D eigenvalue weighted by Gasteiger charge is 2.43. The predicted molar refractivity (Wildman–Crippen MR) is 223 cm³/mol. The number of alkyl carbamates (subject to hydrolysis) is 2. The van der Waals surface area contributed by atoms with E-state index in [1.54, 1.807) is 18.2 Å². The molecule has 2 aliphatic heterocycles. The van der Waals surface area contributed by atoms with Crippen LogP contribution in [0.1, 0.15) is 84.0 Å². The number of methoxy groups -OCH3 is 3. The van der Waals surface area contributed by atoms with E-state index in [1.807, 2.05) is 57.8 Å². The van der Waals surface area contributed by atoms with Gasteiger partial charge in [0.05, 0.1) is 56.7 Å². The molecule has 4 aromatic rings. The van der Waals surface area contributed by atoms with Crippen LogP contribution in [-0.4, -0.2) is 106 Å². The van der Waals surface area contributed by atoms with Crippen molar-refractivity contribution in [1.82, 2.24) is 40.4 Å². The fraction of sp³-hybridized carbons (Fsp3) is 0.500. The molecule has 2 aromatic carbocycles. The molecule has 59 heavy (non-hydrogen) atoms. The Kier molecular flexibility index (Phi) is 13.8. The van der Waals surface area contributed by atoms with E-state index in [0.29, 0.717) is 25.4 Å². The summed E-state index contributed by atoms with van der Waals surface area (Å²) in [5, 5.41) is 5.47. The van der Waals surface area contributed by atoms with Crippen LogP contribution in [0.5, 0.6) is 0 Å². The summed E-state index contributed by atoms with van der Waals surface area (Å²) in [5.41, 5.74) is 5.70. The van der Waals surface area contributed by atoms with Crippen molar-refractivity contribution >= 4 is 24.0 Å². The molecule has 0 saturated carbocycles. The minimum Gasteiger partial charge on any atom is -0.453 e. The summed E-state index contributed by atoms with van der Waals surface area (Å²) in [5.74, 6) is 0.998. The van der Waals surface area contributed by atoms with E-state index in [0.717, 1.165) is 58.7 Å². The first kappa shape index (κ1) is 42.9. The summed E-state index contributed by atoms with van der Waals surface area (Å²) in [6.07, 6.45) is 5.34. The van der Waals surface area contributed by atoms with Gasteiger partial charge in [-0.1, -0.05) is 82.6 Å². The number of ether oxygens (including phenoxy) is 3. The third kappa shape index (κ3) is 9.46. The fourth-order valence-electron chi connectivity index (χ4n) is 8.30. The van der Waals surface area contributed by atoms with Crippen LogP contribution < -0.4 is 10.6 Å². The Bertz CT molecular complexity index is 2060. The van der Waals surface area contributed by atoms with Gasteiger partial charge >= 0.3 is 12.2 Å². The van der Waals surface area contributed by atoms with Crippen LogP contribution in [0.25, 0.3) is 33.6 Å². The van der Waals surface area contributed by atoms with Crippen LogP contribution in [0.4, 0.5) is 9.59 Å². The second-order valence-electron chi connectivity index (χ2n) is 16.1. The molecule has 7 atom stereocenters.